The summed E-state index contributed by atoms with van der Waals surface area (Å²) in [7, 11) is 0. The smallest absolute Gasteiger partial charge is 0.305 e. The second kappa shape index (κ2) is 4.35. The summed E-state index contributed by atoms with van der Waals surface area (Å²) >= 11 is 0. The topological polar surface area (TPSA) is 63.3 Å². The van der Waals surface area contributed by atoms with E-state index in [1.807, 2.05) is 0 Å². The first-order valence-corrected chi connectivity index (χ1v) is 4.34. The molecular weight excluding hydrogens is 204 g/mol. The fourth-order valence-electron chi connectivity index (χ4n) is 1.35. The molecule has 1 aromatic carbocycles. The fraction of sp³-hybridized carbons (Fsp3) is 0.300. The largest absolute Gasteiger partial charge is 0.481 e. The summed E-state index contributed by atoms with van der Waals surface area (Å²) in [4.78, 5) is 10.4. The van der Waals surface area contributed by atoms with Gasteiger partial charge in [-0.05, 0) is 24.1 Å². The van der Waals surface area contributed by atoms with Crippen LogP contribution >= 0.6 is 0 Å². The minimum atomic E-state index is -1.11. The van der Waals surface area contributed by atoms with Crippen LogP contribution in [0.15, 0.2) is 12.1 Å². The van der Waals surface area contributed by atoms with E-state index in [0.717, 1.165) is 12.1 Å². The summed E-state index contributed by atoms with van der Waals surface area (Å²) in [6, 6.07) is 0.908. The molecule has 0 heterocycles. The van der Waals surface area contributed by atoms with Crippen LogP contribution in [0.5, 0.6) is 0 Å². The number of hydrogen-bond acceptors (Lipinski definition) is 2. The zero-order valence-corrected chi connectivity index (χ0v) is 8.13. The normalized spacial score (nSPS) is 12.5. The maximum Gasteiger partial charge on any atom is 0.305 e. The van der Waals surface area contributed by atoms with E-state index in [1.54, 1.807) is 0 Å². The van der Waals surface area contributed by atoms with Crippen molar-refractivity contribution < 1.29 is 18.7 Å². The summed E-state index contributed by atoms with van der Waals surface area (Å²) in [6.07, 6.45) is -0.357. The molecule has 0 saturated heterocycles. The number of carboxylic acid groups (broad SMARTS) is 1. The van der Waals surface area contributed by atoms with Gasteiger partial charge >= 0.3 is 5.97 Å². The second-order valence-corrected chi connectivity index (χ2v) is 3.31. The van der Waals surface area contributed by atoms with E-state index in [2.05, 4.69) is 0 Å². The Bertz CT molecular complexity index is 393. The number of carbonyl (C=O) groups is 1. The van der Waals surface area contributed by atoms with E-state index in [1.165, 1.54) is 6.92 Å². The van der Waals surface area contributed by atoms with Gasteiger partial charge in [-0.2, -0.15) is 0 Å². The van der Waals surface area contributed by atoms with E-state index in [9.17, 15) is 13.6 Å². The first-order chi connectivity index (χ1) is 6.91. The third-order valence-corrected chi connectivity index (χ3v) is 2.14. The number of nitrogens with two attached hydrogens (primary N) is 1. The van der Waals surface area contributed by atoms with E-state index < -0.39 is 23.6 Å². The van der Waals surface area contributed by atoms with Gasteiger partial charge in [0, 0.05) is 12.1 Å². The van der Waals surface area contributed by atoms with Gasteiger partial charge in [0.15, 0.2) is 0 Å². The van der Waals surface area contributed by atoms with Gasteiger partial charge in [0.1, 0.15) is 11.6 Å². The Balaban J connectivity index is 3.07. The van der Waals surface area contributed by atoms with Gasteiger partial charge in [-0.15, -0.1) is 0 Å². The second-order valence-electron chi connectivity index (χ2n) is 3.31. The number of benzene rings is 1. The number of halogens is 2. The Morgan fingerprint density at radius 1 is 1.53 bits per heavy atom. The predicted molar refractivity (Wildman–Crippen MR) is 50.3 cm³/mol. The van der Waals surface area contributed by atoms with Crippen molar-refractivity contribution in [3.05, 3.63) is 34.9 Å². The quantitative estimate of drug-likeness (QED) is 0.807. The number of rotatable bonds is 3. The lowest BCUT2D eigenvalue weighted by Gasteiger charge is -2.13. The molecule has 0 fully saturated rings. The number of aliphatic carboxylic acids is 1. The Morgan fingerprint density at radius 3 is 2.67 bits per heavy atom. The maximum absolute atomic E-state index is 13.1. The third kappa shape index (κ3) is 2.73. The highest BCUT2D eigenvalue weighted by Crippen LogP contribution is 2.22. The molecule has 0 radical (unpaired) electrons. The average Bonchev–Trinajstić information content (AvgIpc) is 2.09. The van der Waals surface area contributed by atoms with Crippen molar-refractivity contribution in [2.45, 2.75) is 19.4 Å². The lowest BCUT2D eigenvalue weighted by molar-refractivity contribution is -0.137. The molecule has 15 heavy (non-hydrogen) atoms. The van der Waals surface area contributed by atoms with Crippen molar-refractivity contribution in [2.75, 3.05) is 0 Å². The minimum absolute atomic E-state index is 0.185. The first-order valence-electron chi connectivity index (χ1n) is 4.34. The zero-order valence-electron chi connectivity index (χ0n) is 8.13. The van der Waals surface area contributed by atoms with Crippen LogP contribution in [0.4, 0.5) is 8.78 Å². The standard InChI is InChI=1S/C10H11F2NO2/c1-5-7(9(13)4-10(14)15)2-6(11)3-8(5)12/h2-3,9H,4,13H2,1H3,(H,14,15). The molecule has 1 atom stereocenters. The summed E-state index contributed by atoms with van der Waals surface area (Å²) in [6.45, 7) is 1.44. The Kier molecular flexibility index (Phi) is 3.36. The van der Waals surface area contributed by atoms with Crippen molar-refractivity contribution in [1.82, 2.24) is 0 Å². The van der Waals surface area contributed by atoms with Crippen LogP contribution in [0.2, 0.25) is 0 Å². The van der Waals surface area contributed by atoms with Crippen LogP contribution in [0.25, 0.3) is 0 Å². The Morgan fingerprint density at radius 2 is 2.13 bits per heavy atom. The van der Waals surface area contributed by atoms with E-state index in [0.29, 0.717) is 0 Å². The summed E-state index contributed by atoms with van der Waals surface area (Å²) < 4.78 is 26.0. The number of hydrogen-bond donors (Lipinski definition) is 2. The molecule has 0 aromatic heterocycles. The van der Waals surface area contributed by atoms with Gasteiger partial charge in [0.2, 0.25) is 0 Å². The molecule has 82 valence electrons. The van der Waals surface area contributed by atoms with Crippen LogP contribution in [0.1, 0.15) is 23.6 Å². The van der Waals surface area contributed by atoms with E-state index >= 15 is 0 Å². The molecule has 0 spiro atoms. The van der Waals surface area contributed by atoms with Crippen LogP contribution in [0, 0.1) is 18.6 Å². The molecule has 0 amide bonds. The highest BCUT2D eigenvalue weighted by atomic mass is 19.1. The molecule has 1 unspecified atom stereocenters. The molecule has 1 rings (SSSR count). The third-order valence-electron chi connectivity index (χ3n) is 2.14. The summed E-state index contributed by atoms with van der Waals surface area (Å²) in [5.41, 5.74) is 5.90. The van der Waals surface area contributed by atoms with Crippen LogP contribution in [0.3, 0.4) is 0 Å². The summed E-state index contributed by atoms with van der Waals surface area (Å²) in [5.74, 6) is -2.58. The van der Waals surface area contributed by atoms with Gasteiger partial charge in [-0.25, -0.2) is 8.78 Å². The van der Waals surface area contributed by atoms with Crippen molar-refractivity contribution in [1.29, 1.82) is 0 Å². The maximum atomic E-state index is 13.1. The molecule has 0 saturated carbocycles. The predicted octanol–water partition coefficient (Wildman–Crippen LogP) is 1.75. The van der Waals surface area contributed by atoms with Gasteiger partial charge in [0.25, 0.3) is 0 Å². The Labute approximate surface area is 85.5 Å². The van der Waals surface area contributed by atoms with Gasteiger partial charge in [0.05, 0.1) is 6.42 Å². The molecule has 5 heteroatoms. The van der Waals surface area contributed by atoms with Gasteiger partial charge in [-0.1, -0.05) is 0 Å². The van der Waals surface area contributed by atoms with Gasteiger partial charge in [-0.3, -0.25) is 4.79 Å². The van der Waals surface area contributed by atoms with Crippen molar-refractivity contribution >= 4 is 5.97 Å². The van der Waals surface area contributed by atoms with Crippen molar-refractivity contribution in [3.8, 4) is 0 Å². The average molecular weight is 215 g/mol. The fourth-order valence-corrected chi connectivity index (χ4v) is 1.35. The molecule has 0 bridgehead atoms. The minimum Gasteiger partial charge on any atom is -0.481 e. The van der Waals surface area contributed by atoms with Crippen LogP contribution in [-0.4, -0.2) is 11.1 Å². The van der Waals surface area contributed by atoms with Crippen molar-refractivity contribution in [3.63, 3.8) is 0 Å². The molecule has 3 nitrogen and oxygen atoms in total. The number of carboxylic acids is 1. The molecule has 0 aliphatic carbocycles. The molecule has 0 aliphatic rings. The highest BCUT2D eigenvalue weighted by molar-refractivity contribution is 5.68. The molecule has 3 N–H and O–H groups in total. The Hall–Kier alpha value is -1.49. The monoisotopic (exact) mass is 215 g/mol. The SMILES string of the molecule is Cc1c(F)cc(F)cc1C(N)CC(=O)O. The first kappa shape index (κ1) is 11.6. The van der Waals surface area contributed by atoms with E-state index in [-0.39, 0.29) is 17.5 Å². The summed E-state index contributed by atoms with van der Waals surface area (Å²) in [5, 5.41) is 8.51. The van der Waals surface area contributed by atoms with Crippen molar-refractivity contribution in [2.24, 2.45) is 5.73 Å². The lowest BCUT2D eigenvalue weighted by Crippen LogP contribution is -2.17. The van der Waals surface area contributed by atoms with Crippen LogP contribution < -0.4 is 5.73 Å². The molecule has 0 aliphatic heterocycles. The van der Waals surface area contributed by atoms with E-state index in [4.69, 9.17) is 10.8 Å². The highest BCUT2D eigenvalue weighted by Gasteiger charge is 2.16. The van der Waals surface area contributed by atoms with Gasteiger partial charge < -0.3 is 10.8 Å². The lowest BCUT2D eigenvalue weighted by atomic mass is 9.99. The molecule has 1 aromatic rings. The van der Waals surface area contributed by atoms with Crippen LogP contribution in [-0.2, 0) is 4.79 Å². The molecular formula is C10H11F2NO2. The zero-order chi connectivity index (χ0) is 11.6.